The van der Waals surface area contributed by atoms with Crippen LogP contribution >= 0.6 is 0 Å². The lowest BCUT2D eigenvalue weighted by Crippen LogP contribution is -2.58. The van der Waals surface area contributed by atoms with Crippen molar-refractivity contribution in [2.45, 2.75) is 66.2 Å². The fraction of sp³-hybridized carbons (Fsp3) is 1.00. The molecule has 0 unspecified atom stereocenters. The zero-order valence-electron chi connectivity index (χ0n) is 13.6. The molecule has 0 aliphatic heterocycles. The molecule has 0 aliphatic carbocycles. The molecule has 6 heteroatoms. The van der Waals surface area contributed by atoms with Crippen molar-refractivity contribution in [2.24, 2.45) is 0 Å². The van der Waals surface area contributed by atoms with Gasteiger partial charge in [0.2, 0.25) is 0 Å². The molecule has 5 nitrogen and oxygen atoms in total. The fourth-order valence-electron chi connectivity index (χ4n) is 2.37. The van der Waals surface area contributed by atoms with E-state index in [4.69, 9.17) is 18.6 Å². The highest BCUT2D eigenvalue weighted by atomic mass is 35.7. The number of unbranched alkanes of at least 4 members (excludes halogenated alkanes) is 5. The van der Waals surface area contributed by atoms with Gasteiger partial charge in [-0.15, -0.1) is 0 Å². The van der Waals surface area contributed by atoms with E-state index in [9.17, 15) is 0 Å². The predicted molar refractivity (Wildman–Crippen MR) is 72.3 cm³/mol. The summed E-state index contributed by atoms with van der Waals surface area (Å²) in [7, 11) is -4.69. The SMILES string of the molecule is CCCCCCCC[N+](CC)(CC)CC.[O-][Cl+3]([O-])([O-])O. The Morgan fingerprint density at radius 2 is 1.10 bits per heavy atom. The molecule has 0 aromatic rings. The van der Waals surface area contributed by atoms with Gasteiger partial charge in [0.1, 0.15) is 0 Å². The minimum absolute atomic E-state index is 1.31. The molecule has 0 spiro atoms. The minimum Gasteiger partial charge on any atom is -0.324 e. The quantitative estimate of drug-likeness (QED) is 0.457. The normalized spacial score (nSPS) is 12.0. The second-order valence-electron chi connectivity index (χ2n) is 5.18. The van der Waals surface area contributed by atoms with Crippen molar-refractivity contribution >= 4 is 0 Å². The molecule has 0 saturated carbocycles. The molecule has 0 aliphatic rings. The van der Waals surface area contributed by atoms with Gasteiger partial charge in [-0.05, 0) is 33.6 Å². The highest BCUT2D eigenvalue weighted by Crippen LogP contribution is 2.11. The van der Waals surface area contributed by atoms with Crippen LogP contribution in [0.25, 0.3) is 0 Å². The van der Waals surface area contributed by atoms with Crippen LogP contribution in [0.1, 0.15) is 66.2 Å². The Bertz CT molecular complexity index is 192. The number of halogens is 1. The molecule has 0 heterocycles. The summed E-state index contributed by atoms with van der Waals surface area (Å²) in [5, 5.41) is 0. The number of hydrogen-bond acceptors (Lipinski definition) is 4. The Balaban J connectivity index is 0. The van der Waals surface area contributed by atoms with Crippen molar-refractivity contribution in [1.82, 2.24) is 0 Å². The average Bonchev–Trinajstić information content (AvgIpc) is 2.37. The van der Waals surface area contributed by atoms with Crippen molar-refractivity contribution in [1.29, 1.82) is 0 Å². The van der Waals surface area contributed by atoms with Gasteiger partial charge in [-0.1, -0.05) is 32.6 Å². The summed E-state index contributed by atoms with van der Waals surface area (Å²) in [6.07, 6.45) is 8.55. The smallest absolute Gasteiger partial charge is 0.0786 e. The molecule has 0 fully saturated rings. The second kappa shape index (κ2) is 12.8. The Morgan fingerprint density at radius 3 is 1.45 bits per heavy atom. The van der Waals surface area contributed by atoms with Crippen LogP contribution in [0.5, 0.6) is 0 Å². The maximum atomic E-state index is 8.60. The lowest BCUT2D eigenvalue weighted by Gasteiger charge is -2.35. The molecule has 20 heavy (non-hydrogen) atoms. The number of quaternary nitrogens is 1. The molecule has 0 atom stereocenters. The maximum absolute atomic E-state index is 8.60. The topological polar surface area (TPSA) is 89.4 Å². The average molecular weight is 315 g/mol. The first-order valence-electron chi connectivity index (χ1n) is 7.73. The Labute approximate surface area is 126 Å². The summed E-state index contributed by atoms with van der Waals surface area (Å²) in [5.41, 5.74) is 0. The number of rotatable bonds is 10. The van der Waals surface area contributed by atoms with E-state index in [-0.39, 0.29) is 0 Å². The molecule has 0 bridgehead atoms. The number of hydrogen-bond donors (Lipinski definition) is 1. The van der Waals surface area contributed by atoms with Gasteiger partial charge < -0.3 is 4.48 Å². The van der Waals surface area contributed by atoms with Crippen molar-refractivity contribution < 1.29 is 33.4 Å². The van der Waals surface area contributed by atoms with E-state index in [0.29, 0.717) is 0 Å². The standard InChI is InChI=1S/C14H32N.ClHO4/c1-5-9-10-11-12-13-14-15(6-2,7-3)8-4;2-1(3,4)5/h5-14H2,1-4H3;(H,2,3,4,5)/q+1;. The summed E-state index contributed by atoms with van der Waals surface area (Å²) in [6, 6.07) is 0. The largest absolute Gasteiger partial charge is 0.324 e. The molecule has 124 valence electrons. The maximum Gasteiger partial charge on any atom is 0.0786 e. The van der Waals surface area contributed by atoms with E-state index in [0.717, 1.165) is 0 Å². The molecule has 0 aromatic carbocycles. The van der Waals surface area contributed by atoms with Gasteiger partial charge in [-0.3, -0.25) is 0 Å². The van der Waals surface area contributed by atoms with Gasteiger partial charge in [0.05, 0.1) is 41.1 Å². The van der Waals surface area contributed by atoms with Gasteiger partial charge >= 0.3 is 0 Å². The zero-order valence-corrected chi connectivity index (χ0v) is 14.3. The molecule has 0 radical (unpaired) electrons. The molecule has 0 rings (SSSR count). The van der Waals surface area contributed by atoms with Gasteiger partial charge in [-0.25, -0.2) is 0 Å². The van der Waals surface area contributed by atoms with E-state index < -0.39 is 10.2 Å². The third kappa shape index (κ3) is 16.1. The Kier molecular flexibility index (Phi) is 14.3. The number of nitrogens with zero attached hydrogens (tertiary/aromatic N) is 1. The van der Waals surface area contributed by atoms with Crippen molar-refractivity contribution in [3.63, 3.8) is 0 Å². The van der Waals surface area contributed by atoms with Crippen molar-refractivity contribution in [3.05, 3.63) is 0 Å². The molecule has 1 N–H and O–H groups in total. The van der Waals surface area contributed by atoms with Crippen molar-refractivity contribution in [3.8, 4) is 0 Å². The first-order valence-corrected chi connectivity index (χ1v) is 8.99. The molecular formula is C14H33ClNO4+. The van der Waals surface area contributed by atoms with Crippen LogP contribution in [0.15, 0.2) is 0 Å². The predicted octanol–water partition coefficient (Wildman–Crippen LogP) is 0.0994. The van der Waals surface area contributed by atoms with Crippen LogP contribution in [0.2, 0.25) is 0 Å². The van der Waals surface area contributed by atoms with E-state index in [1.807, 2.05) is 0 Å². The molecular weight excluding hydrogens is 282 g/mol. The van der Waals surface area contributed by atoms with Gasteiger partial charge in [0.25, 0.3) is 0 Å². The third-order valence-corrected chi connectivity index (χ3v) is 4.00. The summed E-state index contributed by atoms with van der Waals surface area (Å²) in [5.74, 6) is 0. The first-order chi connectivity index (χ1) is 9.24. The third-order valence-electron chi connectivity index (χ3n) is 4.00. The fourth-order valence-corrected chi connectivity index (χ4v) is 2.37. The van der Waals surface area contributed by atoms with Gasteiger partial charge in [0, 0.05) is 0 Å². The van der Waals surface area contributed by atoms with Gasteiger partial charge in [-0.2, -0.15) is 14.0 Å². The Morgan fingerprint density at radius 1 is 0.750 bits per heavy atom. The summed E-state index contributed by atoms with van der Waals surface area (Å²) in [4.78, 5) is 0. The summed E-state index contributed by atoms with van der Waals surface area (Å²) < 4.78 is 34.0. The van der Waals surface area contributed by atoms with E-state index in [1.54, 1.807) is 0 Å². The summed E-state index contributed by atoms with van der Waals surface area (Å²) >= 11 is 0. The monoisotopic (exact) mass is 314 g/mol. The van der Waals surface area contributed by atoms with E-state index in [2.05, 4.69) is 27.7 Å². The van der Waals surface area contributed by atoms with E-state index in [1.165, 1.54) is 69.2 Å². The zero-order chi connectivity index (χ0) is 16.1. The van der Waals surface area contributed by atoms with Crippen LogP contribution < -0.4 is 14.0 Å². The van der Waals surface area contributed by atoms with Crippen LogP contribution in [-0.4, -0.2) is 35.3 Å². The molecule has 0 amide bonds. The lowest BCUT2D eigenvalue weighted by atomic mass is 10.1. The van der Waals surface area contributed by atoms with E-state index >= 15 is 0 Å². The minimum atomic E-state index is -4.69. The highest BCUT2D eigenvalue weighted by molar-refractivity contribution is 4.45. The second-order valence-corrected chi connectivity index (χ2v) is 5.97. The van der Waals surface area contributed by atoms with Crippen LogP contribution in [0, 0.1) is 10.2 Å². The van der Waals surface area contributed by atoms with Crippen LogP contribution in [0.3, 0.4) is 0 Å². The molecule has 0 aromatic heterocycles. The molecule has 0 saturated heterocycles. The van der Waals surface area contributed by atoms with Crippen LogP contribution in [-0.2, 0) is 0 Å². The van der Waals surface area contributed by atoms with Crippen LogP contribution in [0.4, 0.5) is 0 Å². The summed E-state index contributed by atoms with van der Waals surface area (Å²) in [6.45, 7) is 14.6. The Hall–Kier alpha value is 0.0900. The highest BCUT2D eigenvalue weighted by Gasteiger charge is 2.19. The van der Waals surface area contributed by atoms with Gasteiger partial charge in [0.15, 0.2) is 0 Å². The first kappa shape index (κ1) is 22.4. The van der Waals surface area contributed by atoms with Crippen molar-refractivity contribution in [2.75, 3.05) is 26.2 Å². The lowest BCUT2D eigenvalue weighted by molar-refractivity contribution is -1.92.